The fourth-order valence-corrected chi connectivity index (χ4v) is 5.23. The van der Waals surface area contributed by atoms with E-state index in [9.17, 15) is 19.5 Å². The van der Waals surface area contributed by atoms with Gasteiger partial charge in [0.1, 0.15) is 6.10 Å². The van der Waals surface area contributed by atoms with E-state index >= 15 is 0 Å². The fraction of sp³-hybridized carbons (Fsp3) is 0.342. The molecule has 0 heterocycles. The van der Waals surface area contributed by atoms with Gasteiger partial charge < -0.3 is 20.5 Å². The highest BCUT2D eigenvalue weighted by molar-refractivity contribution is 5.86. The average Bonchev–Trinajstić information content (AvgIpc) is 3.06. The molecule has 0 aliphatic carbocycles. The number of amides is 2. The molecule has 238 valence electrons. The zero-order valence-electron chi connectivity index (χ0n) is 26.0. The predicted molar refractivity (Wildman–Crippen MR) is 178 cm³/mol. The van der Waals surface area contributed by atoms with Gasteiger partial charge in [-0.25, -0.2) is 0 Å². The molecule has 4 atom stereocenters. The van der Waals surface area contributed by atoms with E-state index in [1.54, 1.807) is 6.08 Å². The van der Waals surface area contributed by atoms with Gasteiger partial charge in [0.15, 0.2) is 0 Å². The van der Waals surface area contributed by atoms with Gasteiger partial charge in [0.05, 0.1) is 31.0 Å². The third-order valence-electron chi connectivity index (χ3n) is 7.67. The highest BCUT2D eigenvalue weighted by Crippen LogP contribution is 2.23. The molecule has 7 nitrogen and oxygen atoms in total. The first kappa shape index (κ1) is 35.0. The summed E-state index contributed by atoms with van der Waals surface area (Å²) in [4.78, 5) is 39.8. The van der Waals surface area contributed by atoms with Crippen LogP contribution in [0.4, 0.5) is 0 Å². The zero-order chi connectivity index (χ0) is 32.3. The van der Waals surface area contributed by atoms with Crippen molar-refractivity contribution in [1.82, 2.24) is 10.6 Å². The van der Waals surface area contributed by atoms with Crippen molar-refractivity contribution in [3.63, 3.8) is 0 Å². The van der Waals surface area contributed by atoms with Crippen LogP contribution < -0.4 is 10.6 Å². The van der Waals surface area contributed by atoms with Crippen molar-refractivity contribution in [2.24, 2.45) is 11.8 Å². The molecule has 0 saturated carbocycles. The smallest absolute Gasteiger partial charge is 0.309 e. The second-order valence-corrected chi connectivity index (χ2v) is 11.2. The molecule has 45 heavy (non-hydrogen) atoms. The molecule has 0 radical (unpaired) electrons. The Hall–Kier alpha value is -4.49. The lowest BCUT2D eigenvalue weighted by Gasteiger charge is -2.24. The molecule has 0 aromatic heterocycles. The van der Waals surface area contributed by atoms with Crippen LogP contribution in [0.1, 0.15) is 54.9 Å². The first-order valence-electron chi connectivity index (χ1n) is 15.7. The van der Waals surface area contributed by atoms with Gasteiger partial charge in [-0.15, -0.1) is 13.2 Å². The van der Waals surface area contributed by atoms with Crippen molar-refractivity contribution in [2.75, 3.05) is 13.2 Å². The van der Waals surface area contributed by atoms with E-state index in [0.29, 0.717) is 25.7 Å². The standard InChI is InChI=1S/C38H46N2O5/c1-3-5-9-23-33(24-29-17-10-6-11-18-29)38(44)45-35(31-21-14-8-15-22-31)27-39-37(43)32(16-4-2)26-36(42)40-34(28-41)25-30-19-12-7-13-20-30/h3-4,6-8,10-15,17-22,32-35,41H,1-2,5,9,16,23-28H2,(H,39,43)(H,40,42). The SMILES string of the molecule is C=CCCCC(Cc1ccccc1)C(=O)OC(CNC(=O)C(CC=C)CC(=O)NC(CO)Cc1ccccc1)c1ccccc1. The number of aliphatic hydroxyl groups excluding tert-OH is 1. The third-order valence-corrected chi connectivity index (χ3v) is 7.67. The summed E-state index contributed by atoms with van der Waals surface area (Å²) in [6.45, 7) is 7.40. The summed E-state index contributed by atoms with van der Waals surface area (Å²) in [6.07, 6.45) is 6.28. The number of hydrogen-bond acceptors (Lipinski definition) is 5. The number of hydrogen-bond donors (Lipinski definition) is 3. The first-order valence-corrected chi connectivity index (χ1v) is 15.7. The molecular weight excluding hydrogens is 564 g/mol. The lowest BCUT2D eigenvalue weighted by molar-refractivity contribution is -0.155. The Bertz CT molecular complexity index is 1330. The van der Waals surface area contributed by atoms with Crippen LogP contribution in [0.15, 0.2) is 116 Å². The highest BCUT2D eigenvalue weighted by atomic mass is 16.5. The maximum atomic E-state index is 13.6. The zero-order valence-corrected chi connectivity index (χ0v) is 26.0. The van der Waals surface area contributed by atoms with Crippen LogP contribution >= 0.6 is 0 Å². The number of esters is 1. The van der Waals surface area contributed by atoms with E-state index in [1.807, 2.05) is 97.1 Å². The summed E-state index contributed by atoms with van der Waals surface area (Å²) in [5.74, 6) is -2.00. The molecule has 7 heteroatoms. The van der Waals surface area contributed by atoms with E-state index in [0.717, 1.165) is 29.5 Å². The molecular formula is C38H46N2O5. The number of ether oxygens (including phenoxy) is 1. The topological polar surface area (TPSA) is 105 Å². The Morgan fingerprint density at radius 3 is 1.98 bits per heavy atom. The van der Waals surface area contributed by atoms with E-state index in [4.69, 9.17) is 4.74 Å². The van der Waals surface area contributed by atoms with Crippen molar-refractivity contribution in [3.8, 4) is 0 Å². The van der Waals surface area contributed by atoms with E-state index in [2.05, 4.69) is 23.8 Å². The van der Waals surface area contributed by atoms with E-state index in [1.165, 1.54) is 0 Å². The van der Waals surface area contributed by atoms with Crippen LogP contribution in [0.3, 0.4) is 0 Å². The average molecular weight is 611 g/mol. The van der Waals surface area contributed by atoms with Gasteiger partial charge in [-0.1, -0.05) is 103 Å². The Balaban J connectivity index is 1.66. The van der Waals surface area contributed by atoms with Crippen molar-refractivity contribution in [1.29, 1.82) is 0 Å². The van der Waals surface area contributed by atoms with Crippen LogP contribution in [0, 0.1) is 11.8 Å². The fourth-order valence-electron chi connectivity index (χ4n) is 5.23. The minimum absolute atomic E-state index is 0.0574. The van der Waals surface area contributed by atoms with Crippen LogP contribution in [0.25, 0.3) is 0 Å². The van der Waals surface area contributed by atoms with Crippen molar-refractivity contribution in [3.05, 3.63) is 133 Å². The number of rotatable bonds is 20. The number of allylic oxidation sites excluding steroid dienone is 2. The number of benzene rings is 3. The van der Waals surface area contributed by atoms with Gasteiger partial charge in [-0.05, 0) is 55.2 Å². The van der Waals surface area contributed by atoms with Crippen molar-refractivity contribution >= 4 is 17.8 Å². The van der Waals surface area contributed by atoms with Crippen LogP contribution in [-0.2, 0) is 32.0 Å². The Kier molecular flexibility index (Phi) is 15.3. The molecule has 2 amide bonds. The van der Waals surface area contributed by atoms with Gasteiger partial charge >= 0.3 is 5.97 Å². The number of nitrogens with one attached hydrogen (secondary N) is 2. The van der Waals surface area contributed by atoms with Crippen molar-refractivity contribution in [2.45, 2.75) is 57.1 Å². The van der Waals surface area contributed by atoms with Crippen LogP contribution in [-0.4, -0.2) is 42.1 Å². The van der Waals surface area contributed by atoms with E-state index in [-0.39, 0.29) is 43.3 Å². The van der Waals surface area contributed by atoms with Gasteiger partial charge in [0, 0.05) is 6.42 Å². The van der Waals surface area contributed by atoms with Gasteiger partial charge in [-0.3, -0.25) is 14.4 Å². The highest BCUT2D eigenvalue weighted by Gasteiger charge is 2.27. The summed E-state index contributed by atoms with van der Waals surface area (Å²) in [7, 11) is 0. The number of carbonyl (C=O) groups is 3. The Labute approximate surface area is 267 Å². The van der Waals surface area contributed by atoms with Crippen LogP contribution in [0.5, 0.6) is 0 Å². The second-order valence-electron chi connectivity index (χ2n) is 11.2. The minimum Gasteiger partial charge on any atom is -0.455 e. The number of aliphatic hydroxyl groups is 1. The predicted octanol–water partition coefficient (Wildman–Crippen LogP) is 5.90. The second kappa shape index (κ2) is 19.7. The lowest BCUT2D eigenvalue weighted by Crippen LogP contribution is -2.42. The van der Waals surface area contributed by atoms with E-state index < -0.39 is 18.1 Å². The van der Waals surface area contributed by atoms with Gasteiger partial charge in [0.2, 0.25) is 11.8 Å². The molecule has 0 fully saturated rings. The molecule has 4 unspecified atom stereocenters. The number of unbranched alkanes of at least 4 members (excludes halogenated alkanes) is 1. The maximum absolute atomic E-state index is 13.6. The molecule has 3 rings (SSSR count). The largest absolute Gasteiger partial charge is 0.455 e. The molecule has 0 aliphatic heterocycles. The monoisotopic (exact) mass is 610 g/mol. The molecule has 3 aromatic rings. The lowest BCUT2D eigenvalue weighted by atomic mass is 9.94. The Morgan fingerprint density at radius 2 is 1.40 bits per heavy atom. The minimum atomic E-state index is -0.705. The van der Waals surface area contributed by atoms with Crippen molar-refractivity contribution < 1.29 is 24.2 Å². The Morgan fingerprint density at radius 1 is 0.800 bits per heavy atom. The maximum Gasteiger partial charge on any atom is 0.309 e. The first-order chi connectivity index (χ1) is 21.9. The summed E-state index contributed by atoms with van der Waals surface area (Å²) in [5, 5.41) is 15.6. The summed E-state index contributed by atoms with van der Waals surface area (Å²) in [6, 6.07) is 28.3. The van der Waals surface area contributed by atoms with Crippen LogP contribution in [0.2, 0.25) is 0 Å². The molecule has 0 bridgehead atoms. The summed E-state index contributed by atoms with van der Waals surface area (Å²) >= 11 is 0. The molecule has 0 aliphatic rings. The number of carbonyl (C=O) groups excluding carboxylic acids is 3. The quantitative estimate of drug-likeness (QED) is 0.0839. The third kappa shape index (κ3) is 12.6. The molecule has 0 saturated heterocycles. The molecule has 3 N–H and O–H groups in total. The van der Waals surface area contributed by atoms with Gasteiger partial charge in [0.25, 0.3) is 0 Å². The summed E-state index contributed by atoms with van der Waals surface area (Å²) < 4.78 is 6.09. The molecule has 3 aromatic carbocycles. The normalized spacial score (nSPS) is 13.4. The molecule has 0 spiro atoms. The summed E-state index contributed by atoms with van der Waals surface area (Å²) in [5.41, 5.74) is 2.81. The van der Waals surface area contributed by atoms with Gasteiger partial charge in [-0.2, -0.15) is 0 Å².